The number of nitrogens with zero attached hydrogens (tertiary/aromatic N) is 1. The number of ether oxygens (including phenoxy) is 1. The Bertz CT molecular complexity index is 1040. The van der Waals surface area contributed by atoms with Crippen molar-refractivity contribution in [1.29, 1.82) is 0 Å². The normalized spacial score (nSPS) is 15.6. The van der Waals surface area contributed by atoms with Crippen molar-refractivity contribution in [1.82, 2.24) is 4.90 Å². The lowest BCUT2D eigenvalue weighted by Gasteiger charge is -2.18. The molecule has 0 unspecified atom stereocenters. The van der Waals surface area contributed by atoms with Gasteiger partial charge < -0.3 is 14.7 Å². The second kappa shape index (κ2) is 7.90. The van der Waals surface area contributed by atoms with Gasteiger partial charge in [-0.2, -0.15) is 0 Å². The number of aliphatic hydroxyl groups excluding tert-OH is 1. The number of hydrogen-bond donors (Lipinski definition) is 1. The van der Waals surface area contributed by atoms with E-state index in [1.165, 1.54) is 4.90 Å². The van der Waals surface area contributed by atoms with Crippen LogP contribution in [0.25, 0.3) is 9.81 Å². The molecule has 6 nitrogen and oxygen atoms in total. The van der Waals surface area contributed by atoms with Gasteiger partial charge in [0.05, 0.1) is 0 Å². The number of benzene rings is 2. The van der Waals surface area contributed by atoms with Crippen LogP contribution in [0.5, 0.6) is 0 Å². The molecule has 7 heteroatoms. The lowest BCUT2D eigenvalue weighted by molar-refractivity contribution is 0.130. The van der Waals surface area contributed by atoms with Crippen LogP contribution in [0.4, 0.5) is 4.79 Å². The van der Waals surface area contributed by atoms with Crippen LogP contribution < -0.4 is 0 Å². The van der Waals surface area contributed by atoms with Crippen LogP contribution in [-0.2, 0) is 14.6 Å². The van der Waals surface area contributed by atoms with Gasteiger partial charge in [0.2, 0.25) is 9.84 Å². The Kier molecular flexibility index (Phi) is 5.56. The zero-order chi connectivity index (χ0) is 20.3. The highest BCUT2D eigenvalue weighted by Crippen LogP contribution is 2.45. The van der Waals surface area contributed by atoms with Gasteiger partial charge >= 0.3 is 6.09 Å². The molecule has 1 aliphatic rings. The lowest BCUT2D eigenvalue weighted by Crippen LogP contribution is -2.31. The summed E-state index contributed by atoms with van der Waals surface area (Å²) in [6, 6.07) is 16.6. The summed E-state index contributed by atoms with van der Waals surface area (Å²) < 4.78 is 32.1. The van der Waals surface area contributed by atoms with Crippen LogP contribution in [0.1, 0.15) is 25.0 Å². The maximum absolute atomic E-state index is 13.3. The van der Waals surface area contributed by atoms with Gasteiger partial charge in [-0.05, 0) is 25.0 Å². The molecule has 0 radical (unpaired) electrons. The Morgan fingerprint density at radius 3 is 1.82 bits per heavy atom. The summed E-state index contributed by atoms with van der Waals surface area (Å²) in [6.07, 6.45) is -0.718. The lowest BCUT2D eigenvalue weighted by atomic mass is 10.1. The summed E-state index contributed by atoms with van der Waals surface area (Å²) in [5.74, 6) is -0.910. The molecule has 28 heavy (non-hydrogen) atoms. The summed E-state index contributed by atoms with van der Waals surface area (Å²) in [5, 5.41) is 10.8. The molecule has 1 N–H and O–H groups in total. The molecule has 0 fully saturated rings. The molecule has 0 saturated heterocycles. The minimum absolute atomic E-state index is 0.218. The average molecular weight is 399 g/mol. The zero-order valence-corrected chi connectivity index (χ0v) is 16.4. The third-order valence-electron chi connectivity index (χ3n) is 4.46. The minimum Gasteiger partial charge on any atom is -0.503 e. The first-order valence-corrected chi connectivity index (χ1v) is 10.4. The Labute approximate surface area is 164 Å². The fraction of sp³-hybridized carbons (Fsp3) is 0.190. The molecular formula is C21H21NO5S. The van der Waals surface area contributed by atoms with E-state index < -0.39 is 21.7 Å². The molecule has 0 spiro atoms. The van der Waals surface area contributed by atoms with Gasteiger partial charge in [-0.25, -0.2) is 13.2 Å². The highest BCUT2D eigenvalue weighted by molar-refractivity contribution is 8.09. The average Bonchev–Trinajstić information content (AvgIpc) is 2.89. The smallest absolute Gasteiger partial charge is 0.415 e. The van der Waals surface area contributed by atoms with E-state index in [1.807, 2.05) is 0 Å². The van der Waals surface area contributed by atoms with E-state index in [0.29, 0.717) is 24.2 Å². The first-order chi connectivity index (χ1) is 13.4. The topological polar surface area (TPSA) is 83.9 Å². The first-order valence-electron chi connectivity index (χ1n) is 8.92. The van der Waals surface area contributed by atoms with Crippen molar-refractivity contribution in [3.63, 3.8) is 0 Å². The molecule has 2 aromatic rings. The second-order valence-electron chi connectivity index (χ2n) is 6.11. The number of carbonyl (C=O) groups is 1. The van der Waals surface area contributed by atoms with Gasteiger partial charge in [0.25, 0.3) is 0 Å². The minimum atomic E-state index is -4.10. The largest absolute Gasteiger partial charge is 0.503 e. The van der Waals surface area contributed by atoms with Crippen molar-refractivity contribution in [2.24, 2.45) is 0 Å². The number of carbonyl (C=O) groups excluding carboxylic acids is 1. The van der Waals surface area contributed by atoms with Gasteiger partial charge in [-0.1, -0.05) is 60.7 Å². The molecule has 0 aromatic heterocycles. The number of aliphatic hydroxyl groups is 1. The standard InChI is InChI=1S/C21H21NO5S/c1-3-22(4-2)21(24)27-18-17(23)19(15-11-7-5-8-12-15)28(25,26)20(18)16-13-9-6-10-14-16/h5-14,23H,3-4H2,1-2H3. The number of rotatable bonds is 5. The predicted molar refractivity (Wildman–Crippen MR) is 108 cm³/mol. The van der Waals surface area contributed by atoms with Gasteiger partial charge in [0.1, 0.15) is 9.81 Å². The van der Waals surface area contributed by atoms with Gasteiger partial charge in [-0.15, -0.1) is 0 Å². The number of hydrogen-bond acceptors (Lipinski definition) is 5. The van der Waals surface area contributed by atoms with E-state index in [0.717, 1.165) is 0 Å². The molecule has 0 aliphatic carbocycles. The molecule has 1 aliphatic heterocycles. The van der Waals surface area contributed by atoms with Crippen molar-refractivity contribution in [2.75, 3.05) is 13.1 Å². The van der Waals surface area contributed by atoms with E-state index in [4.69, 9.17) is 4.74 Å². The summed E-state index contributed by atoms with van der Waals surface area (Å²) >= 11 is 0. The highest BCUT2D eigenvalue weighted by atomic mass is 32.2. The molecule has 0 saturated carbocycles. The highest BCUT2D eigenvalue weighted by Gasteiger charge is 2.42. The van der Waals surface area contributed by atoms with E-state index in [9.17, 15) is 18.3 Å². The fourth-order valence-electron chi connectivity index (χ4n) is 3.05. The Morgan fingerprint density at radius 2 is 1.36 bits per heavy atom. The number of sulfone groups is 1. The molecule has 0 bridgehead atoms. The Balaban J connectivity index is 2.20. The summed E-state index contributed by atoms with van der Waals surface area (Å²) in [4.78, 5) is 13.4. The molecule has 2 aromatic carbocycles. The predicted octanol–water partition coefficient (Wildman–Crippen LogP) is 4.19. The Morgan fingerprint density at radius 1 is 0.893 bits per heavy atom. The van der Waals surface area contributed by atoms with E-state index in [2.05, 4.69) is 0 Å². The maximum Gasteiger partial charge on any atom is 0.415 e. The summed E-state index contributed by atoms with van der Waals surface area (Å²) in [5.41, 5.74) is 0.657. The molecular weight excluding hydrogens is 378 g/mol. The van der Waals surface area contributed by atoms with Crippen molar-refractivity contribution in [3.05, 3.63) is 83.3 Å². The summed E-state index contributed by atoms with van der Waals surface area (Å²) in [6.45, 7) is 4.36. The molecule has 0 atom stereocenters. The monoisotopic (exact) mass is 399 g/mol. The SMILES string of the molecule is CCN(CC)C(=O)OC1=C(c2ccccc2)S(=O)(=O)C(c2ccccc2)=C1O. The van der Waals surface area contributed by atoms with Crippen LogP contribution in [-0.4, -0.2) is 37.6 Å². The van der Waals surface area contributed by atoms with Crippen LogP contribution in [0.3, 0.4) is 0 Å². The molecule has 1 amide bonds. The van der Waals surface area contributed by atoms with Crippen LogP contribution in [0, 0.1) is 0 Å². The first kappa shape index (κ1) is 19.7. The van der Waals surface area contributed by atoms with Crippen molar-refractivity contribution >= 4 is 25.7 Å². The van der Waals surface area contributed by atoms with Gasteiger partial charge in [-0.3, -0.25) is 0 Å². The van der Waals surface area contributed by atoms with E-state index in [-0.39, 0.29) is 15.6 Å². The second-order valence-corrected chi connectivity index (χ2v) is 7.94. The van der Waals surface area contributed by atoms with Gasteiger partial charge in [0.15, 0.2) is 11.5 Å². The van der Waals surface area contributed by atoms with Crippen molar-refractivity contribution < 1.29 is 23.1 Å². The fourth-order valence-corrected chi connectivity index (χ4v) is 4.87. The zero-order valence-electron chi connectivity index (χ0n) is 15.6. The third kappa shape index (κ3) is 3.41. The van der Waals surface area contributed by atoms with Crippen molar-refractivity contribution in [2.45, 2.75) is 13.8 Å². The molecule has 1 heterocycles. The van der Waals surface area contributed by atoms with Crippen molar-refractivity contribution in [3.8, 4) is 0 Å². The summed E-state index contributed by atoms with van der Waals surface area (Å²) in [7, 11) is -4.10. The van der Waals surface area contributed by atoms with Gasteiger partial charge in [0, 0.05) is 13.1 Å². The van der Waals surface area contributed by atoms with Crippen LogP contribution >= 0.6 is 0 Å². The van der Waals surface area contributed by atoms with E-state index >= 15 is 0 Å². The number of amides is 1. The Hall–Kier alpha value is -3.06. The van der Waals surface area contributed by atoms with Crippen LogP contribution in [0.15, 0.2) is 72.2 Å². The van der Waals surface area contributed by atoms with E-state index in [1.54, 1.807) is 74.5 Å². The third-order valence-corrected chi connectivity index (χ3v) is 6.38. The molecule has 146 valence electrons. The maximum atomic E-state index is 13.3. The quantitative estimate of drug-likeness (QED) is 0.815. The molecule has 3 rings (SSSR count). The van der Waals surface area contributed by atoms with Crippen LogP contribution in [0.2, 0.25) is 0 Å².